The lowest BCUT2D eigenvalue weighted by Crippen LogP contribution is -2.32. The molecule has 0 aliphatic heterocycles. The molecule has 3 nitrogen and oxygen atoms in total. The average molecular weight is 278 g/mol. The van der Waals surface area contributed by atoms with Crippen LogP contribution in [0.2, 0.25) is 0 Å². The molecule has 0 N–H and O–H groups in total. The molecule has 0 heterocycles. The van der Waals surface area contributed by atoms with Crippen LogP contribution in [-0.4, -0.2) is 18.4 Å². The molecule has 3 heteroatoms. The van der Waals surface area contributed by atoms with Crippen LogP contribution in [0, 0.1) is 22.7 Å². The molecule has 2 aliphatic rings. The van der Waals surface area contributed by atoms with Crippen molar-refractivity contribution in [3.8, 4) is 0 Å². The normalized spacial score (nSPS) is 34.5. The zero-order valence-electron chi connectivity index (χ0n) is 13.3. The molecule has 20 heavy (non-hydrogen) atoms. The van der Waals surface area contributed by atoms with E-state index in [9.17, 15) is 9.59 Å². The van der Waals surface area contributed by atoms with Crippen molar-refractivity contribution >= 4 is 11.8 Å². The van der Waals surface area contributed by atoms with Gasteiger partial charge in [-0.1, -0.05) is 33.8 Å². The first kappa shape index (κ1) is 15.3. The van der Waals surface area contributed by atoms with E-state index in [1.54, 1.807) is 0 Å². The van der Waals surface area contributed by atoms with Crippen molar-refractivity contribution in [3.05, 3.63) is 11.6 Å². The minimum absolute atomic E-state index is 0.00285. The molecule has 2 bridgehead atoms. The number of hydrogen-bond donors (Lipinski definition) is 0. The van der Waals surface area contributed by atoms with E-state index >= 15 is 0 Å². The molecule has 2 fully saturated rings. The van der Waals surface area contributed by atoms with E-state index in [0.717, 1.165) is 18.4 Å². The molecule has 3 atom stereocenters. The minimum atomic E-state index is -0.285. The van der Waals surface area contributed by atoms with Crippen molar-refractivity contribution in [1.82, 2.24) is 0 Å². The van der Waals surface area contributed by atoms with Gasteiger partial charge in [-0.2, -0.15) is 0 Å². The predicted molar refractivity (Wildman–Crippen MR) is 78.1 cm³/mol. The molecule has 112 valence electrons. The molecule has 0 amide bonds. The van der Waals surface area contributed by atoms with Crippen LogP contribution in [0.3, 0.4) is 0 Å². The summed E-state index contributed by atoms with van der Waals surface area (Å²) in [5, 5.41) is 0. The summed E-state index contributed by atoms with van der Waals surface area (Å²) in [4.78, 5) is 24.7. The van der Waals surface area contributed by atoms with Gasteiger partial charge in [-0.3, -0.25) is 9.59 Å². The van der Waals surface area contributed by atoms with Crippen molar-refractivity contribution in [1.29, 1.82) is 0 Å². The highest BCUT2D eigenvalue weighted by Crippen LogP contribution is 2.65. The number of allylic oxidation sites excluding steroid dienone is 1. The summed E-state index contributed by atoms with van der Waals surface area (Å²) in [6.07, 6.45) is 4.61. The van der Waals surface area contributed by atoms with Crippen LogP contribution in [0.5, 0.6) is 0 Å². The van der Waals surface area contributed by atoms with Gasteiger partial charge in [0.1, 0.15) is 0 Å². The number of ketones is 1. The van der Waals surface area contributed by atoms with E-state index in [2.05, 4.69) is 20.8 Å². The Bertz CT molecular complexity index is 461. The number of carbonyl (C=O) groups is 2. The molecule has 0 aromatic carbocycles. The van der Waals surface area contributed by atoms with E-state index < -0.39 is 0 Å². The van der Waals surface area contributed by atoms with Crippen molar-refractivity contribution in [3.63, 3.8) is 0 Å². The third-order valence-electron chi connectivity index (χ3n) is 5.77. The Morgan fingerprint density at radius 1 is 1.40 bits per heavy atom. The van der Waals surface area contributed by atoms with Gasteiger partial charge in [-0.25, -0.2) is 0 Å². The fraction of sp³-hybridized carbons (Fsp3) is 0.765. The fourth-order valence-electron chi connectivity index (χ4n) is 3.94. The molecule has 0 unspecified atom stereocenters. The lowest BCUT2D eigenvalue weighted by Gasteiger charge is -2.31. The molecule has 2 saturated carbocycles. The summed E-state index contributed by atoms with van der Waals surface area (Å²) in [7, 11) is 0. The number of Topliss-reactive ketones (excluding diaryl/α,β-unsaturated/α-hetero) is 1. The first-order chi connectivity index (χ1) is 9.29. The second kappa shape index (κ2) is 5.01. The number of hydrogen-bond acceptors (Lipinski definition) is 3. The van der Waals surface area contributed by atoms with E-state index in [1.165, 1.54) is 0 Å². The van der Waals surface area contributed by atoms with Gasteiger partial charge >= 0.3 is 5.97 Å². The Labute approximate surface area is 121 Å². The van der Waals surface area contributed by atoms with Gasteiger partial charge < -0.3 is 4.74 Å². The fourth-order valence-corrected chi connectivity index (χ4v) is 3.94. The largest absolute Gasteiger partial charge is 0.466 e. The number of ether oxygens (including phenoxy) is 1. The number of fused-ring (bicyclic) bond motifs is 2. The van der Waals surface area contributed by atoms with Gasteiger partial charge in [0.2, 0.25) is 0 Å². The second-order valence-corrected chi connectivity index (χ2v) is 6.86. The molecular formula is C17H26O3. The summed E-state index contributed by atoms with van der Waals surface area (Å²) >= 11 is 0. The summed E-state index contributed by atoms with van der Waals surface area (Å²) in [5.41, 5.74) is 0.628. The third kappa shape index (κ3) is 1.94. The van der Waals surface area contributed by atoms with Gasteiger partial charge in [0.25, 0.3) is 0 Å². The Kier molecular flexibility index (Phi) is 3.83. The maximum Gasteiger partial charge on any atom is 0.312 e. The predicted octanol–water partition coefficient (Wildman–Crippen LogP) is 3.53. The van der Waals surface area contributed by atoms with Crippen molar-refractivity contribution in [2.45, 2.75) is 53.9 Å². The van der Waals surface area contributed by atoms with Crippen LogP contribution in [0.4, 0.5) is 0 Å². The highest BCUT2D eigenvalue weighted by Gasteiger charge is 2.63. The Morgan fingerprint density at radius 3 is 2.50 bits per heavy atom. The van der Waals surface area contributed by atoms with Crippen molar-refractivity contribution in [2.75, 3.05) is 6.61 Å². The van der Waals surface area contributed by atoms with E-state index in [4.69, 9.17) is 4.74 Å². The summed E-state index contributed by atoms with van der Waals surface area (Å²) in [6, 6.07) is 0. The molecule has 0 radical (unpaired) electrons. The Morgan fingerprint density at radius 2 is 2.05 bits per heavy atom. The molecule has 0 spiro atoms. The molecule has 2 aliphatic carbocycles. The standard InChI is InChI=1S/C17H26O3/c1-6-11(15(19)20-7-2)10-12-13-8-9-17(5,14(12)18)16(13,3)4/h10-11,13H,6-9H2,1-5H3/b12-10+/t11-,13-,17-/m1/s1. The van der Waals surface area contributed by atoms with Gasteiger partial charge in [0.05, 0.1) is 12.5 Å². The van der Waals surface area contributed by atoms with Gasteiger partial charge in [-0.05, 0) is 43.1 Å². The van der Waals surface area contributed by atoms with E-state index in [-0.39, 0.29) is 28.5 Å². The third-order valence-corrected chi connectivity index (χ3v) is 5.77. The zero-order valence-corrected chi connectivity index (χ0v) is 13.3. The minimum Gasteiger partial charge on any atom is -0.466 e. The lowest BCUT2D eigenvalue weighted by molar-refractivity contribution is -0.146. The first-order valence-electron chi connectivity index (χ1n) is 7.72. The van der Waals surface area contributed by atoms with Crippen LogP contribution in [0.1, 0.15) is 53.9 Å². The topological polar surface area (TPSA) is 43.4 Å². The Hall–Kier alpha value is -1.12. The van der Waals surface area contributed by atoms with Crippen LogP contribution >= 0.6 is 0 Å². The van der Waals surface area contributed by atoms with Crippen LogP contribution in [0.25, 0.3) is 0 Å². The van der Waals surface area contributed by atoms with Crippen LogP contribution in [-0.2, 0) is 14.3 Å². The summed E-state index contributed by atoms with van der Waals surface area (Å²) in [5.74, 6) is 0.0543. The van der Waals surface area contributed by atoms with Crippen molar-refractivity contribution in [2.24, 2.45) is 22.7 Å². The maximum absolute atomic E-state index is 12.7. The van der Waals surface area contributed by atoms with Crippen molar-refractivity contribution < 1.29 is 14.3 Å². The summed E-state index contributed by atoms with van der Waals surface area (Å²) in [6.45, 7) is 10.6. The maximum atomic E-state index is 12.7. The zero-order chi connectivity index (χ0) is 15.1. The molecule has 0 saturated heterocycles. The molecule has 0 aromatic rings. The molecular weight excluding hydrogens is 252 g/mol. The Balaban J connectivity index is 2.32. The number of esters is 1. The first-order valence-corrected chi connectivity index (χ1v) is 7.72. The van der Waals surface area contributed by atoms with Gasteiger partial charge in [0.15, 0.2) is 5.78 Å². The second-order valence-electron chi connectivity index (χ2n) is 6.86. The smallest absolute Gasteiger partial charge is 0.312 e. The molecule has 2 rings (SSSR count). The quantitative estimate of drug-likeness (QED) is 0.583. The highest BCUT2D eigenvalue weighted by molar-refractivity contribution is 6.05. The molecule has 0 aromatic heterocycles. The average Bonchev–Trinajstić information content (AvgIpc) is 2.69. The van der Waals surface area contributed by atoms with Gasteiger partial charge in [-0.15, -0.1) is 0 Å². The SMILES string of the molecule is CCOC(=O)[C@@H](/C=C1/C(=O)[C@@]2(C)CC[C@H]1C2(C)C)CC. The number of carbonyl (C=O) groups excluding carboxylic acids is 2. The van der Waals surface area contributed by atoms with E-state index in [1.807, 2.05) is 19.9 Å². The van der Waals surface area contributed by atoms with Crippen LogP contribution < -0.4 is 0 Å². The lowest BCUT2D eigenvalue weighted by atomic mass is 9.70. The summed E-state index contributed by atoms with van der Waals surface area (Å²) < 4.78 is 5.10. The number of rotatable bonds is 4. The van der Waals surface area contributed by atoms with E-state index in [0.29, 0.717) is 18.9 Å². The van der Waals surface area contributed by atoms with Gasteiger partial charge in [0, 0.05) is 5.41 Å². The van der Waals surface area contributed by atoms with Crippen LogP contribution in [0.15, 0.2) is 11.6 Å². The monoisotopic (exact) mass is 278 g/mol. The highest BCUT2D eigenvalue weighted by atomic mass is 16.5.